The SMILES string of the molecule is CC1=CCN(Oc2cc(F)ccc2F)O1. The van der Waals surface area contributed by atoms with Crippen LogP contribution in [0.3, 0.4) is 0 Å². The number of hydroxylamine groups is 2. The number of benzene rings is 1. The zero-order valence-corrected chi connectivity index (χ0v) is 8.04. The van der Waals surface area contributed by atoms with E-state index in [4.69, 9.17) is 9.68 Å². The van der Waals surface area contributed by atoms with Crippen LogP contribution in [0.1, 0.15) is 6.92 Å². The van der Waals surface area contributed by atoms with Gasteiger partial charge in [-0.2, -0.15) is 0 Å². The van der Waals surface area contributed by atoms with Crippen LogP contribution in [0.4, 0.5) is 8.78 Å². The molecule has 0 unspecified atom stereocenters. The van der Waals surface area contributed by atoms with Crippen LogP contribution in [-0.4, -0.2) is 11.8 Å². The molecule has 0 aromatic heterocycles. The molecule has 1 aromatic rings. The van der Waals surface area contributed by atoms with Crippen molar-refractivity contribution < 1.29 is 18.5 Å². The maximum Gasteiger partial charge on any atom is 0.190 e. The van der Waals surface area contributed by atoms with Crippen LogP contribution in [-0.2, 0) is 4.84 Å². The molecule has 0 aliphatic carbocycles. The summed E-state index contributed by atoms with van der Waals surface area (Å²) < 4.78 is 25.9. The Morgan fingerprint density at radius 2 is 2.20 bits per heavy atom. The predicted molar refractivity (Wildman–Crippen MR) is 48.5 cm³/mol. The third-order valence-corrected chi connectivity index (χ3v) is 1.87. The van der Waals surface area contributed by atoms with Gasteiger partial charge in [0.1, 0.15) is 11.6 Å². The van der Waals surface area contributed by atoms with E-state index in [-0.39, 0.29) is 5.75 Å². The van der Waals surface area contributed by atoms with Gasteiger partial charge in [-0.3, -0.25) is 0 Å². The molecule has 1 aliphatic heterocycles. The molecular formula is C10H9F2NO2. The first-order chi connectivity index (χ1) is 7.15. The highest BCUT2D eigenvalue weighted by Crippen LogP contribution is 2.21. The van der Waals surface area contributed by atoms with Crippen LogP contribution < -0.4 is 4.84 Å². The summed E-state index contributed by atoms with van der Waals surface area (Å²) in [7, 11) is 0. The van der Waals surface area contributed by atoms with Gasteiger partial charge >= 0.3 is 0 Å². The van der Waals surface area contributed by atoms with E-state index >= 15 is 0 Å². The molecule has 1 aromatic carbocycles. The molecule has 1 aliphatic rings. The van der Waals surface area contributed by atoms with Gasteiger partial charge in [-0.05, 0) is 25.1 Å². The molecular weight excluding hydrogens is 204 g/mol. The summed E-state index contributed by atoms with van der Waals surface area (Å²) in [6, 6.07) is 2.99. The monoisotopic (exact) mass is 213 g/mol. The predicted octanol–water partition coefficient (Wildman–Crippen LogP) is 2.41. The second kappa shape index (κ2) is 3.86. The number of allylic oxidation sites excluding steroid dienone is 1. The van der Waals surface area contributed by atoms with Gasteiger partial charge in [0.15, 0.2) is 11.6 Å². The Kier molecular flexibility index (Phi) is 2.55. The molecule has 0 fully saturated rings. The van der Waals surface area contributed by atoms with Crippen molar-refractivity contribution in [1.82, 2.24) is 5.23 Å². The minimum Gasteiger partial charge on any atom is -0.376 e. The van der Waals surface area contributed by atoms with E-state index in [2.05, 4.69) is 0 Å². The highest BCUT2D eigenvalue weighted by molar-refractivity contribution is 5.24. The van der Waals surface area contributed by atoms with Crippen LogP contribution in [0.25, 0.3) is 0 Å². The fourth-order valence-corrected chi connectivity index (χ4v) is 1.15. The molecule has 0 N–H and O–H groups in total. The molecule has 0 radical (unpaired) electrons. The van der Waals surface area contributed by atoms with Crippen molar-refractivity contribution in [2.45, 2.75) is 6.92 Å². The molecule has 0 saturated heterocycles. The fraction of sp³-hybridized carbons (Fsp3) is 0.200. The standard InChI is InChI=1S/C10H9F2NO2/c1-7-4-5-13(14-7)15-10-6-8(11)2-3-9(10)12/h2-4,6H,5H2,1H3. The third-order valence-electron chi connectivity index (χ3n) is 1.87. The van der Waals surface area contributed by atoms with E-state index in [9.17, 15) is 8.78 Å². The highest BCUT2D eigenvalue weighted by atomic mass is 19.1. The van der Waals surface area contributed by atoms with Gasteiger partial charge in [0.2, 0.25) is 0 Å². The Morgan fingerprint density at radius 3 is 2.87 bits per heavy atom. The largest absolute Gasteiger partial charge is 0.376 e. The van der Waals surface area contributed by atoms with E-state index < -0.39 is 11.6 Å². The number of nitrogens with zero attached hydrogens (tertiary/aromatic N) is 1. The molecule has 15 heavy (non-hydrogen) atoms. The summed E-state index contributed by atoms with van der Waals surface area (Å²) >= 11 is 0. The zero-order chi connectivity index (χ0) is 10.8. The average molecular weight is 213 g/mol. The third kappa shape index (κ3) is 2.24. The lowest BCUT2D eigenvalue weighted by Gasteiger charge is -2.15. The Balaban J connectivity index is 2.08. The van der Waals surface area contributed by atoms with Gasteiger partial charge < -0.3 is 9.68 Å². The summed E-state index contributed by atoms with van der Waals surface area (Å²) in [5.74, 6) is -0.732. The van der Waals surface area contributed by atoms with E-state index in [0.717, 1.165) is 23.4 Å². The second-order valence-electron chi connectivity index (χ2n) is 3.09. The number of rotatable bonds is 2. The van der Waals surface area contributed by atoms with Crippen molar-refractivity contribution in [3.05, 3.63) is 41.7 Å². The molecule has 0 atom stereocenters. The van der Waals surface area contributed by atoms with Gasteiger partial charge in [-0.15, -0.1) is 0 Å². The first-order valence-corrected chi connectivity index (χ1v) is 4.40. The quantitative estimate of drug-likeness (QED) is 0.753. The molecule has 0 saturated carbocycles. The van der Waals surface area contributed by atoms with Crippen LogP contribution in [0, 0.1) is 11.6 Å². The van der Waals surface area contributed by atoms with Crippen molar-refractivity contribution in [2.75, 3.05) is 6.54 Å². The molecule has 1 heterocycles. The Bertz CT molecular complexity index is 406. The van der Waals surface area contributed by atoms with Crippen LogP contribution >= 0.6 is 0 Å². The van der Waals surface area contributed by atoms with Crippen molar-refractivity contribution >= 4 is 0 Å². The maximum absolute atomic E-state index is 13.1. The fourth-order valence-electron chi connectivity index (χ4n) is 1.15. The van der Waals surface area contributed by atoms with Gasteiger partial charge in [0.25, 0.3) is 0 Å². The summed E-state index contributed by atoms with van der Waals surface area (Å²) in [5.41, 5.74) is 0. The number of hydrogen-bond acceptors (Lipinski definition) is 3. The normalized spacial score (nSPS) is 16.1. The van der Waals surface area contributed by atoms with Crippen molar-refractivity contribution in [2.24, 2.45) is 0 Å². The Labute approximate surface area is 85.4 Å². The zero-order valence-electron chi connectivity index (χ0n) is 8.04. The first kappa shape index (κ1) is 9.92. The van der Waals surface area contributed by atoms with Crippen LogP contribution in [0.2, 0.25) is 0 Å². The van der Waals surface area contributed by atoms with Gasteiger partial charge in [0.05, 0.1) is 6.54 Å². The Morgan fingerprint density at radius 1 is 1.40 bits per heavy atom. The minimum atomic E-state index is -0.635. The van der Waals surface area contributed by atoms with Crippen LogP contribution in [0.5, 0.6) is 5.75 Å². The highest BCUT2D eigenvalue weighted by Gasteiger charge is 2.16. The lowest BCUT2D eigenvalue weighted by atomic mass is 10.3. The first-order valence-electron chi connectivity index (χ1n) is 4.40. The van der Waals surface area contributed by atoms with Gasteiger partial charge in [-0.1, -0.05) is 0 Å². The summed E-state index contributed by atoms with van der Waals surface area (Å²) in [6.45, 7) is 2.12. The number of halogens is 2. The van der Waals surface area contributed by atoms with E-state index in [0.29, 0.717) is 12.3 Å². The maximum atomic E-state index is 13.1. The Hall–Kier alpha value is -1.62. The molecule has 3 nitrogen and oxygen atoms in total. The van der Waals surface area contributed by atoms with E-state index in [1.165, 1.54) is 0 Å². The minimum absolute atomic E-state index is 0.196. The molecule has 0 amide bonds. The number of hydrogen-bond donors (Lipinski definition) is 0. The van der Waals surface area contributed by atoms with Crippen molar-refractivity contribution in [3.63, 3.8) is 0 Å². The average Bonchev–Trinajstić information content (AvgIpc) is 2.58. The molecule has 0 bridgehead atoms. The summed E-state index contributed by atoms with van der Waals surface area (Å²) in [6.07, 6.45) is 1.76. The topological polar surface area (TPSA) is 21.7 Å². The molecule has 80 valence electrons. The lowest BCUT2D eigenvalue weighted by molar-refractivity contribution is -0.275. The molecule has 0 spiro atoms. The van der Waals surface area contributed by atoms with E-state index in [1.54, 1.807) is 13.0 Å². The molecule has 5 heteroatoms. The lowest BCUT2D eigenvalue weighted by Crippen LogP contribution is -2.23. The smallest absolute Gasteiger partial charge is 0.190 e. The van der Waals surface area contributed by atoms with Crippen molar-refractivity contribution in [3.8, 4) is 5.75 Å². The van der Waals surface area contributed by atoms with Gasteiger partial charge in [-0.25, -0.2) is 8.78 Å². The van der Waals surface area contributed by atoms with Gasteiger partial charge in [0, 0.05) is 11.3 Å². The second-order valence-corrected chi connectivity index (χ2v) is 3.09. The summed E-state index contributed by atoms with van der Waals surface area (Å²) in [5, 5.41) is 1.08. The van der Waals surface area contributed by atoms with Crippen molar-refractivity contribution in [1.29, 1.82) is 0 Å². The molecule has 2 rings (SSSR count). The van der Waals surface area contributed by atoms with E-state index in [1.807, 2.05) is 0 Å². The van der Waals surface area contributed by atoms with Crippen LogP contribution in [0.15, 0.2) is 30.0 Å². The summed E-state index contributed by atoms with van der Waals surface area (Å²) in [4.78, 5) is 10.0.